The first-order chi connectivity index (χ1) is 5.02. The average Bonchev–Trinajstić information content (AvgIpc) is 1.87. The van der Waals surface area contributed by atoms with Crippen LogP contribution in [0.25, 0.3) is 0 Å². The quantitative estimate of drug-likeness (QED) is 0.667. The lowest BCUT2D eigenvalue weighted by Crippen LogP contribution is -2.27. The van der Waals surface area contributed by atoms with Gasteiger partial charge in [-0.15, -0.1) is 0 Å². The molecule has 0 aromatic rings. The fraction of sp³-hybridized carbons (Fsp3) is 1.00. The van der Waals surface area contributed by atoms with Crippen molar-refractivity contribution >= 4 is 0 Å². The van der Waals surface area contributed by atoms with E-state index in [2.05, 4.69) is 27.7 Å². The molecule has 11 heavy (non-hydrogen) atoms. The highest BCUT2D eigenvalue weighted by molar-refractivity contribution is 4.74. The van der Waals surface area contributed by atoms with E-state index in [1.54, 1.807) is 0 Å². The molecule has 68 valence electrons. The second-order valence-corrected chi connectivity index (χ2v) is 4.44. The zero-order valence-electron chi connectivity index (χ0n) is 8.48. The summed E-state index contributed by atoms with van der Waals surface area (Å²) in [5, 5.41) is 0. The first-order valence-corrected chi connectivity index (χ1v) is 4.72. The van der Waals surface area contributed by atoms with Crippen LogP contribution in [0.1, 0.15) is 47.0 Å². The zero-order valence-corrected chi connectivity index (χ0v) is 8.48. The molecular formula is C10H23N. The Kier molecular flexibility index (Phi) is 4.74. The molecule has 1 atom stereocenters. The summed E-state index contributed by atoms with van der Waals surface area (Å²) in [4.78, 5) is 0. The van der Waals surface area contributed by atoms with Crippen LogP contribution in [-0.2, 0) is 0 Å². The van der Waals surface area contributed by atoms with Crippen molar-refractivity contribution < 1.29 is 0 Å². The van der Waals surface area contributed by atoms with Gasteiger partial charge in [-0.1, -0.05) is 40.5 Å². The number of hydrogen-bond acceptors (Lipinski definition) is 1. The van der Waals surface area contributed by atoms with Crippen LogP contribution in [0.15, 0.2) is 0 Å². The molecule has 1 nitrogen and oxygen atoms in total. The maximum absolute atomic E-state index is 5.70. The number of hydrogen-bond donors (Lipinski definition) is 1. The molecule has 0 fully saturated rings. The number of rotatable bonds is 4. The molecular weight excluding hydrogens is 134 g/mol. The molecule has 0 rings (SSSR count). The summed E-state index contributed by atoms with van der Waals surface area (Å²) >= 11 is 0. The molecule has 0 saturated heterocycles. The Morgan fingerprint density at radius 1 is 1.27 bits per heavy atom. The summed E-state index contributed by atoms with van der Waals surface area (Å²) in [5.74, 6) is 0.697. The van der Waals surface area contributed by atoms with Gasteiger partial charge >= 0.3 is 0 Å². The van der Waals surface area contributed by atoms with Crippen LogP contribution in [0, 0.1) is 11.3 Å². The highest BCUT2D eigenvalue weighted by Gasteiger charge is 2.21. The number of nitrogens with two attached hydrogens (primary N) is 1. The zero-order chi connectivity index (χ0) is 8.91. The highest BCUT2D eigenvalue weighted by Crippen LogP contribution is 2.28. The first-order valence-electron chi connectivity index (χ1n) is 4.72. The van der Waals surface area contributed by atoms with Gasteiger partial charge in [0.2, 0.25) is 0 Å². The van der Waals surface area contributed by atoms with Crippen LogP contribution in [-0.4, -0.2) is 6.54 Å². The topological polar surface area (TPSA) is 26.0 Å². The molecule has 0 bridgehead atoms. The van der Waals surface area contributed by atoms with Crippen molar-refractivity contribution in [2.45, 2.75) is 47.0 Å². The molecule has 0 spiro atoms. The van der Waals surface area contributed by atoms with E-state index in [-0.39, 0.29) is 0 Å². The summed E-state index contributed by atoms with van der Waals surface area (Å²) in [6, 6.07) is 0. The summed E-state index contributed by atoms with van der Waals surface area (Å²) < 4.78 is 0. The maximum Gasteiger partial charge on any atom is -0.00439 e. The number of unbranched alkanes of at least 4 members (excludes halogenated alkanes) is 1. The van der Waals surface area contributed by atoms with Crippen molar-refractivity contribution in [1.29, 1.82) is 0 Å². The smallest absolute Gasteiger partial charge is 0.00439 e. The molecule has 1 heteroatoms. The molecule has 0 amide bonds. The lowest BCUT2D eigenvalue weighted by Gasteiger charge is -2.29. The van der Waals surface area contributed by atoms with Gasteiger partial charge in [0.15, 0.2) is 0 Å². The summed E-state index contributed by atoms with van der Waals surface area (Å²) in [7, 11) is 0. The van der Waals surface area contributed by atoms with Crippen LogP contribution < -0.4 is 5.73 Å². The Bertz CT molecular complexity index is 91.5. The fourth-order valence-electron chi connectivity index (χ4n) is 1.35. The van der Waals surface area contributed by atoms with Gasteiger partial charge in [0.25, 0.3) is 0 Å². The largest absolute Gasteiger partial charge is 0.330 e. The van der Waals surface area contributed by atoms with Crippen LogP contribution in [0.3, 0.4) is 0 Å². The fourth-order valence-corrected chi connectivity index (χ4v) is 1.35. The lowest BCUT2D eigenvalue weighted by atomic mass is 9.78. The van der Waals surface area contributed by atoms with Crippen molar-refractivity contribution in [3.63, 3.8) is 0 Å². The minimum atomic E-state index is 0.393. The van der Waals surface area contributed by atoms with Gasteiger partial charge < -0.3 is 5.73 Å². The predicted molar refractivity (Wildman–Crippen MR) is 51.5 cm³/mol. The van der Waals surface area contributed by atoms with E-state index in [1.165, 1.54) is 19.3 Å². The van der Waals surface area contributed by atoms with Crippen molar-refractivity contribution in [1.82, 2.24) is 0 Å². The second kappa shape index (κ2) is 4.76. The third-order valence-electron chi connectivity index (χ3n) is 2.42. The molecule has 0 aliphatic heterocycles. The normalized spacial score (nSPS) is 15.0. The average molecular weight is 157 g/mol. The standard InChI is InChI=1S/C10H23N/c1-5-6-7-9(8-11)10(2,3)4/h9H,5-8,11H2,1-4H3. The van der Waals surface area contributed by atoms with Crippen LogP contribution >= 0.6 is 0 Å². The van der Waals surface area contributed by atoms with Gasteiger partial charge in [0.1, 0.15) is 0 Å². The molecule has 0 heterocycles. The Morgan fingerprint density at radius 2 is 1.82 bits per heavy atom. The van der Waals surface area contributed by atoms with Gasteiger partial charge in [-0.2, -0.15) is 0 Å². The van der Waals surface area contributed by atoms with E-state index in [9.17, 15) is 0 Å². The summed E-state index contributed by atoms with van der Waals surface area (Å²) in [5.41, 5.74) is 6.09. The molecule has 0 aliphatic rings. The van der Waals surface area contributed by atoms with Crippen LogP contribution in [0.5, 0.6) is 0 Å². The maximum atomic E-state index is 5.70. The van der Waals surface area contributed by atoms with E-state index >= 15 is 0 Å². The van der Waals surface area contributed by atoms with Crippen LogP contribution in [0.4, 0.5) is 0 Å². The van der Waals surface area contributed by atoms with Gasteiger partial charge in [-0.25, -0.2) is 0 Å². The summed E-state index contributed by atoms with van der Waals surface area (Å²) in [6.07, 6.45) is 3.89. The lowest BCUT2D eigenvalue weighted by molar-refractivity contribution is 0.228. The van der Waals surface area contributed by atoms with Gasteiger partial charge in [0.05, 0.1) is 0 Å². The highest BCUT2D eigenvalue weighted by atomic mass is 14.6. The first kappa shape index (κ1) is 11.0. The molecule has 2 N–H and O–H groups in total. The van der Waals surface area contributed by atoms with Crippen LogP contribution in [0.2, 0.25) is 0 Å². The monoisotopic (exact) mass is 157 g/mol. The van der Waals surface area contributed by atoms with Gasteiger partial charge in [-0.3, -0.25) is 0 Å². The Balaban J connectivity index is 3.76. The Morgan fingerprint density at radius 3 is 2.09 bits per heavy atom. The van der Waals surface area contributed by atoms with E-state index in [0.717, 1.165) is 6.54 Å². The molecule has 0 radical (unpaired) electrons. The Labute approximate surface area is 71.4 Å². The van der Waals surface area contributed by atoms with E-state index in [0.29, 0.717) is 11.3 Å². The third-order valence-corrected chi connectivity index (χ3v) is 2.42. The molecule has 0 aromatic heterocycles. The molecule has 1 unspecified atom stereocenters. The van der Waals surface area contributed by atoms with Crippen molar-refractivity contribution in [2.24, 2.45) is 17.1 Å². The Hall–Kier alpha value is -0.0400. The second-order valence-electron chi connectivity index (χ2n) is 4.44. The van der Waals surface area contributed by atoms with E-state index in [4.69, 9.17) is 5.73 Å². The summed E-state index contributed by atoms with van der Waals surface area (Å²) in [6.45, 7) is 9.90. The molecule has 0 aromatic carbocycles. The van der Waals surface area contributed by atoms with Crippen molar-refractivity contribution in [3.8, 4) is 0 Å². The van der Waals surface area contributed by atoms with E-state index < -0.39 is 0 Å². The SMILES string of the molecule is CCCCC(CN)C(C)(C)C. The van der Waals surface area contributed by atoms with Crippen molar-refractivity contribution in [3.05, 3.63) is 0 Å². The van der Waals surface area contributed by atoms with E-state index in [1.807, 2.05) is 0 Å². The minimum absolute atomic E-state index is 0.393. The van der Waals surface area contributed by atoms with Crippen molar-refractivity contribution in [2.75, 3.05) is 6.54 Å². The van der Waals surface area contributed by atoms with Gasteiger partial charge in [-0.05, 0) is 24.3 Å². The molecule has 0 saturated carbocycles. The molecule has 0 aliphatic carbocycles. The minimum Gasteiger partial charge on any atom is -0.330 e. The van der Waals surface area contributed by atoms with Gasteiger partial charge in [0, 0.05) is 0 Å². The third kappa shape index (κ3) is 4.41. The predicted octanol–water partition coefficient (Wildman–Crippen LogP) is 2.80.